The zero-order chi connectivity index (χ0) is 18.8. The lowest BCUT2D eigenvalue weighted by atomic mass is 9.93. The summed E-state index contributed by atoms with van der Waals surface area (Å²) in [5.74, 6) is -0.354. The standard InChI is InChI=1S/C18H16Cl2N2O4/c19-15-14(10-4-3-9(6-23)11(7-24)12(10)8-25)18(20)22-16(15)17(26)13-2-1-5-21-13/h1-5,21-25H,6-8H2. The molecule has 0 unspecified atom stereocenters. The highest BCUT2D eigenvalue weighted by Crippen LogP contribution is 2.41. The van der Waals surface area contributed by atoms with E-state index in [-0.39, 0.29) is 34.9 Å². The highest BCUT2D eigenvalue weighted by molar-refractivity contribution is 6.42. The van der Waals surface area contributed by atoms with Crippen molar-refractivity contribution in [3.8, 4) is 11.1 Å². The van der Waals surface area contributed by atoms with Gasteiger partial charge >= 0.3 is 0 Å². The minimum absolute atomic E-state index is 0.116. The van der Waals surface area contributed by atoms with Gasteiger partial charge in [0.15, 0.2) is 0 Å². The van der Waals surface area contributed by atoms with Crippen LogP contribution in [0.25, 0.3) is 11.1 Å². The third kappa shape index (κ3) is 3.06. The van der Waals surface area contributed by atoms with Gasteiger partial charge in [0.2, 0.25) is 5.78 Å². The molecule has 0 spiro atoms. The number of ketones is 1. The molecule has 0 saturated heterocycles. The zero-order valence-electron chi connectivity index (χ0n) is 13.5. The predicted octanol–water partition coefficient (Wildman–Crippen LogP) is 3.02. The molecular formula is C18H16Cl2N2O4. The number of aliphatic hydroxyl groups excluding tert-OH is 3. The van der Waals surface area contributed by atoms with E-state index in [4.69, 9.17) is 23.2 Å². The molecule has 8 heteroatoms. The van der Waals surface area contributed by atoms with Crippen LogP contribution in [0.15, 0.2) is 30.5 Å². The summed E-state index contributed by atoms with van der Waals surface area (Å²) >= 11 is 12.7. The molecule has 26 heavy (non-hydrogen) atoms. The summed E-state index contributed by atoms with van der Waals surface area (Å²) in [6, 6.07) is 6.57. The molecule has 3 aromatic rings. The lowest BCUT2D eigenvalue weighted by Gasteiger charge is -2.15. The summed E-state index contributed by atoms with van der Waals surface area (Å²) in [5.41, 5.74) is 2.58. The molecule has 0 aliphatic rings. The summed E-state index contributed by atoms with van der Waals surface area (Å²) in [7, 11) is 0. The largest absolute Gasteiger partial charge is 0.392 e. The summed E-state index contributed by atoms with van der Waals surface area (Å²) in [5, 5.41) is 29.1. The van der Waals surface area contributed by atoms with Gasteiger partial charge in [-0.15, -0.1) is 0 Å². The molecule has 1 aromatic carbocycles. The van der Waals surface area contributed by atoms with E-state index in [0.717, 1.165) is 0 Å². The number of hydrogen-bond donors (Lipinski definition) is 5. The van der Waals surface area contributed by atoms with Crippen molar-refractivity contribution in [3.63, 3.8) is 0 Å². The Bertz CT molecular complexity index is 949. The lowest BCUT2D eigenvalue weighted by Crippen LogP contribution is -2.04. The van der Waals surface area contributed by atoms with Crippen molar-refractivity contribution >= 4 is 29.0 Å². The monoisotopic (exact) mass is 394 g/mol. The summed E-state index contributed by atoms with van der Waals surface area (Å²) in [6.07, 6.45) is 1.62. The molecule has 0 aliphatic carbocycles. The first-order valence-corrected chi connectivity index (χ1v) is 8.50. The van der Waals surface area contributed by atoms with Crippen molar-refractivity contribution in [1.29, 1.82) is 0 Å². The third-order valence-electron chi connectivity index (χ3n) is 4.25. The first kappa shape index (κ1) is 18.7. The Morgan fingerprint density at radius 3 is 2.31 bits per heavy atom. The van der Waals surface area contributed by atoms with Gasteiger partial charge in [-0.2, -0.15) is 0 Å². The molecule has 0 bridgehead atoms. The van der Waals surface area contributed by atoms with Crippen molar-refractivity contribution in [2.45, 2.75) is 19.8 Å². The van der Waals surface area contributed by atoms with Gasteiger partial charge in [0.25, 0.3) is 0 Å². The summed E-state index contributed by atoms with van der Waals surface area (Å²) in [6.45, 7) is -1.04. The topological polar surface area (TPSA) is 109 Å². The van der Waals surface area contributed by atoms with E-state index in [1.165, 1.54) is 0 Å². The van der Waals surface area contributed by atoms with Crippen LogP contribution >= 0.6 is 23.2 Å². The molecule has 2 heterocycles. The average molecular weight is 395 g/mol. The van der Waals surface area contributed by atoms with Gasteiger partial charge in [0, 0.05) is 11.8 Å². The Hall–Kier alpha value is -2.09. The zero-order valence-corrected chi connectivity index (χ0v) is 15.0. The van der Waals surface area contributed by atoms with Crippen LogP contribution in [0, 0.1) is 0 Å². The Labute approximate surface area is 159 Å². The highest BCUT2D eigenvalue weighted by Gasteiger charge is 2.25. The van der Waals surface area contributed by atoms with E-state index >= 15 is 0 Å². The van der Waals surface area contributed by atoms with E-state index < -0.39 is 6.61 Å². The van der Waals surface area contributed by atoms with Crippen LogP contribution in [0.5, 0.6) is 0 Å². The van der Waals surface area contributed by atoms with E-state index in [9.17, 15) is 20.1 Å². The van der Waals surface area contributed by atoms with Crippen molar-refractivity contribution in [1.82, 2.24) is 9.97 Å². The van der Waals surface area contributed by atoms with Gasteiger partial charge in [-0.3, -0.25) is 4.79 Å². The number of rotatable bonds is 6. The van der Waals surface area contributed by atoms with Gasteiger partial charge in [-0.25, -0.2) is 0 Å². The molecule has 0 amide bonds. The van der Waals surface area contributed by atoms with Crippen LogP contribution in [0.4, 0.5) is 0 Å². The number of benzene rings is 1. The number of carbonyl (C=O) groups excluding carboxylic acids is 1. The number of aromatic amines is 2. The summed E-state index contributed by atoms with van der Waals surface area (Å²) in [4.78, 5) is 18.2. The third-order valence-corrected chi connectivity index (χ3v) is 4.91. The van der Waals surface area contributed by atoms with E-state index in [0.29, 0.717) is 33.5 Å². The van der Waals surface area contributed by atoms with E-state index in [2.05, 4.69) is 9.97 Å². The number of halogens is 2. The second-order valence-electron chi connectivity index (χ2n) is 5.62. The van der Waals surface area contributed by atoms with Crippen molar-refractivity contribution in [2.24, 2.45) is 0 Å². The number of carbonyl (C=O) groups is 1. The lowest BCUT2D eigenvalue weighted by molar-refractivity contribution is 0.103. The fourth-order valence-electron chi connectivity index (χ4n) is 2.95. The summed E-state index contributed by atoms with van der Waals surface area (Å²) < 4.78 is 0. The maximum absolute atomic E-state index is 12.6. The van der Waals surface area contributed by atoms with Crippen molar-refractivity contribution < 1.29 is 20.1 Å². The Morgan fingerprint density at radius 2 is 1.73 bits per heavy atom. The molecule has 136 valence electrons. The molecule has 5 N–H and O–H groups in total. The molecule has 2 aromatic heterocycles. The molecule has 3 rings (SSSR count). The van der Waals surface area contributed by atoms with Crippen LogP contribution in [0.1, 0.15) is 32.9 Å². The fraction of sp³-hybridized carbons (Fsp3) is 0.167. The second kappa shape index (κ2) is 7.65. The molecule has 0 saturated carbocycles. The smallest absolute Gasteiger partial charge is 0.226 e. The number of H-pyrrole nitrogens is 2. The van der Waals surface area contributed by atoms with Crippen LogP contribution in [0.3, 0.4) is 0 Å². The van der Waals surface area contributed by atoms with Gasteiger partial charge in [0.05, 0.1) is 30.5 Å². The highest BCUT2D eigenvalue weighted by atomic mass is 35.5. The van der Waals surface area contributed by atoms with Crippen LogP contribution < -0.4 is 0 Å². The minimum Gasteiger partial charge on any atom is -0.392 e. The van der Waals surface area contributed by atoms with E-state index in [1.807, 2.05) is 0 Å². The van der Waals surface area contributed by atoms with Gasteiger partial charge in [0.1, 0.15) is 10.8 Å². The van der Waals surface area contributed by atoms with Gasteiger partial charge in [-0.1, -0.05) is 35.3 Å². The quantitative estimate of drug-likeness (QED) is 0.414. The van der Waals surface area contributed by atoms with Gasteiger partial charge in [-0.05, 0) is 34.4 Å². The second-order valence-corrected chi connectivity index (χ2v) is 6.38. The van der Waals surface area contributed by atoms with Crippen molar-refractivity contribution in [2.75, 3.05) is 0 Å². The fourth-order valence-corrected chi connectivity index (χ4v) is 3.62. The van der Waals surface area contributed by atoms with Crippen LogP contribution in [0.2, 0.25) is 10.2 Å². The van der Waals surface area contributed by atoms with Crippen LogP contribution in [-0.2, 0) is 19.8 Å². The maximum Gasteiger partial charge on any atom is 0.226 e. The van der Waals surface area contributed by atoms with E-state index in [1.54, 1.807) is 30.5 Å². The molecule has 0 fully saturated rings. The first-order valence-electron chi connectivity index (χ1n) is 7.75. The normalized spacial score (nSPS) is 11.1. The molecule has 0 atom stereocenters. The molecule has 6 nitrogen and oxygen atoms in total. The molecule has 0 radical (unpaired) electrons. The number of aliphatic hydroxyl groups is 3. The van der Waals surface area contributed by atoms with Gasteiger partial charge < -0.3 is 25.3 Å². The average Bonchev–Trinajstić information content (AvgIpc) is 3.28. The Balaban J connectivity index is 2.18. The Morgan fingerprint density at radius 1 is 1.00 bits per heavy atom. The number of nitrogens with one attached hydrogen (secondary N) is 2. The maximum atomic E-state index is 12.6. The molecule has 0 aliphatic heterocycles. The van der Waals surface area contributed by atoms with Crippen molar-refractivity contribution in [3.05, 3.63) is 68.7 Å². The Kier molecular flexibility index (Phi) is 5.50. The first-order chi connectivity index (χ1) is 12.5. The number of hydrogen-bond acceptors (Lipinski definition) is 4. The van der Waals surface area contributed by atoms with Crippen LogP contribution in [-0.4, -0.2) is 31.1 Å². The predicted molar refractivity (Wildman–Crippen MR) is 98.2 cm³/mol. The number of aromatic nitrogens is 2. The minimum atomic E-state index is -0.392. The SMILES string of the molecule is O=C(c1ccc[nH]1)c1[nH]c(Cl)c(-c2ccc(CO)c(CO)c2CO)c1Cl. The molecular weight excluding hydrogens is 379 g/mol.